The zero-order valence-corrected chi connectivity index (χ0v) is 38.7. The van der Waals surface area contributed by atoms with Crippen LogP contribution in [-0.2, 0) is 12.8 Å². The molecule has 4 heterocycles. The lowest BCUT2D eigenvalue weighted by Crippen LogP contribution is -3.00. The molecule has 3 aromatic rings. The van der Waals surface area contributed by atoms with Gasteiger partial charge in [0.15, 0.2) is 0 Å². The van der Waals surface area contributed by atoms with E-state index in [0.717, 1.165) is 44.7 Å². The molecule has 1 aliphatic rings. The summed E-state index contributed by atoms with van der Waals surface area (Å²) < 4.78 is 1.98. The Hall–Kier alpha value is -1.86. The molecule has 0 bridgehead atoms. The lowest BCUT2D eigenvalue weighted by atomic mass is 9.74. The Morgan fingerprint density at radius 3 is 1.27 bits per heavy atom. The molecule has 3 aromatic heterocycles. The first-order chi connectivity index (χ1) is 23.4. The third-order valence-electron chi connectivity index (χ3n) is 7.85. The van der Waals surface area contributed by atoms with Crippen LogP contribution in [0.15, 0.2) is 77.5 Å². The van der Waals surface area contributed by atoms with Crippen LogP contribution in [0.1, 0.15) is 125 Å². The van der Waals surface area contributed by atoms with E-state index in [-0.39, 0.29) is 12.4 Å². The smallest absolute Gasteiger partial charge is 0.0411 e. The molecule has 0 N–H and O–H groups in total. The number of likely N-dealkylation sites (tertiary alicyclic amines) is 1. The first-order valence-electron chi connectivity index (χ1n) is 18.4. The van der Waals surface area contributed by atoms with Crippen molar-refractivity contribution in [2.24, 2.45) is 33.5 Å². The van der Waals surface area contributed by atoms with Crippen LogP contribution in [-0.4, -0.2) is 40.0 Å². The van der Waals surface area contributed by atoms with Gasteiger partial charge in [-0.1, -0.05) is 114 Å². The van der Waals surface area contributed by atoms with Crippen LogP contribution in [0.5, 0.6) is 0 Å². The molecule has 1 fully saturated rings. The fourth-order valence-corrected chi connectivity index (χ4v) is 7.69. The Morgan fingerprint density at radius 1 is 0.596 bits per heavy atom. The van der Waals surface area contributed by atoms with Gasteiger partial charge in [0.2, 0.25) is 0 Å². The van der Waals surface area contributed by atoms with Crippen LogP contribution in [0.3, 0.4) is 0 Å². The SMILES string of the molecule is Brc1cncc(Br)c1.C=Cc1cncc(C=C)c1.CC(C)(C)Cc1cncc(CC(C)(C)C)c1.CN1CC(CC(C)(C)C)CC(CC(C)(C)C)C1.[Cl-]. The van der Waals surface area contributed by atoms with Crippen molar-refractivity contribution >= 4 is 44.0 Å². The number of piperidine rings is 1. The van der Waals surface area contributed by atoms with Gasteiger partial charge in [-0.2, -0.15) is 0 Å². The van der Waals surface area contributed by atoms with E-state index in [1.165, 1.54) is 43.5 Å². The van der Waals surface area contributed by atoms with Crippen molar-refractivity contribution in [3.8, 4) is 0 Å². The second kappa shape index (κ2) is 23.1. The van der Waals surface area contributed by atoms with E-state index in [2.05, 4.69) is 161 Å². The summed E-state index contributed by atoms with van der Waals surface area (Å²) in [6.45, 7) is 37.7. The molecule has 52 heavy (non-hydrogen) atoms. The molecule has 0 spiro atoms. The zero-order valence-electron chi connectivity index (χ0n) is 34.8. The van der Waals surface area contributed by atoms with Gasteiger partial charge in [-0.05, 0) is 139 Å². The van der Waals surface area contributed by atoms with Crippen LogP contribution in [0, 0.1) is 33.5 Å². The van der Waals surface area contributed by atoms with Crippen molar-refractivity contribution in [1.29, 1.82) is 0 Å². The summed E-state index contributed by atoms with van der Waals surface area (Å²) in [7, 11) is 2.30. The molecule has 0 aliphatic carbocycles. The van der Waals surface area contributed by atoms with Crippen molar-refractivity contribution in [2.45, 2.75) is 115 Å². The van der Waals surface area contributed by atoms with E-state index < -0.39 is 0 Å². The highest BCUT2D eigenvalue weighted by Crippen LogP contribution is 2.36. The predicted octanol–water partition coefficient (Wildman–Crippen LogP) is 10.7. The lowest BCUT2D eigenvalue weighted by molar-refractivity contribution is -0.0000153. The fourth-order valence-electron chi connectivity index (χ4n) is 6.65. The number of halogens is 3. The second-order valence-corrected chi connectivity index (χ2v) is 21.0. The van der Waals surface area contributed by atoms with Gasteiger partial charge in [0.25, 0.3) is 0 Å². The Labute approximate surface area is 342 Å². The minimum Gasteiger partial charge on any atom is -1.00 e. The summed E-state index contributed by atoms with van der Waals surface area (Å²) in [5.41, 5.74) is 6.40. The number of hydrogen-bond donors (Lipinski definition) is 0. The largest absolute Gasteiger partial charge is 1.00 e. The highest BCUT2D eigenvalue weighted by molar-refractivity contribution is 9.11. The van der Waals surface area contributed by atoms with Crippen LogP contribution in [0.2, 0.25) is 0 Å². The van der Waals surface area contributed by atoms with Gasteiger partial charge in [0.1, 0.15) is 0 Å². The average Bonchev–Trinajstić information content (AvgIpc) is 2.94. The Balaban J connectivity index is 0.000000689. The summed E-state index contributed by atoms with van der Waals surface area (Å²) in [4.78, 5) is 14.8. The van der Waals surface area contributed by atoms with Crippen molar-refractivity contribution in [3.05, 3.63) is 99.7 Å². The van der Waals surface area contributed by atoms with Crippen LogP contribution in [0.4, 0.5) is 0 Å². The first kappa shape index (κ1) is 50.1. The number of nitrogens with zero attached hydrogens (tertiary/aromatic N) is 4. The Kier molecular flexibility index (Phi) is 22.3. The molecular formula is C45H70Br2ClN4-. The molecule has 2 atom stereocenters. The Bertz CT molecular complexity index is 1370. The first-order valence-corrected chi connectivity index (χ1v) is 20.0. The molecule has 0 saturated carbocycles. The monoisotopic (exact) mass is 859 g/mol. The maximum atomic E-state index is 4.35. The van der Waals surface area contributed by atoms with Gasteiger partial charge in [-0.15, -0.1) is 0 Å². The third-order valence-corrected chi connectivity index (χ3v) is 8.72. The summed E-state index contributed by atoms with van der Waals surface area (Å²) >= 11 is 6.54. The third kappa shape index (κ3) is 26.0. The minimum absolute atomic E-state index is 0. The molecule has 7 heteroatoms. The molecule has 0 amide bonds. The van der Waals surface area contributed by atoms with E-state index in [4.69, 9.17) is 0 Å². The topological polar surface area (TPSA) is 41.9 Å². The molecule has 292 valence electrons. The highest BCUT2D eigenvalue weighted by atomic mass is 79.9. The molecular weight excluding hydrogens is 792 g/mol. The summed E-state index contributed by atoms with van der Waals surface area (Å²) in [5.74, 6) is 1.81. The van der Waals surface area contributed by atoms with Crippen molar-refractivity contribution < 1.29 is 12.4 Å². The lowest BCUT2D eigenvalue weighted by Gasteiger charge is -2.40. The molecule has 0 radical (unpaired) electrons. The van der Waals surface area contributed by atoms with Crippen LogP contribution >= 0.6 is 31.9 Å². The summed E-state index contributed by atoms with van der Waals surface area (Å²) in [5, 5.41) is 0. The van der Waals surface area contributed by atoms with Crippen LogP contribution < -0.4 is 12.4 Å². The average molecular weight is 862 g/mol. The number of hydrogen-bond acceptors (Lipinski definition) is 4. The quantitative estimate of drug-likeness (QED) is 0.248. The maximum absolute atomic E-state index is 4.35. The van der Waals surface area contributed by atoms with E-state index in [1.54, 1.807) is 36.9 Å². The van der Waals surface area contributed by atoms with Gasteiger partial charge in [0.05, 0.1) is 0 Å². The van der Waals surface area contributed by atoms with Crippen molar-refractivity contribution in [2.75, 3.05) is 20.1 Å². The second-order valence-electron chi connectivity index (χ2n) is 19.2. The van der Waals surface area contributed by atoms with Crippen molar-refractivity contribution in [3.63, 3.8) is 0 Å². The van der Waals surface area contributed by atoms with Crippen molar-refractivity contribution in [1.82, 2.24) is 19.9 Å². The fraction of sp³-hybridized carbons (Fsp3) is 0.578. The molecule has 2 unspecified atom stereocenters. The van der Waals surface area contributed by atoms with E-state index in [1.807, 2.05) is 24.5 Å². The molecule has 1 saturated heterocycles. The molecule has 0 aromatic carbocycles. The Morgan fingerprint density at radius 2 is 0.962 bits per heavy atom. The van der Waals surface area contributed by atoms with Gasteiger partial charge in [-0.3, -0.25) is 15.0 Å². The zero-order chi connectivity index (χ0) is 39.0. The number of aromatic nitrogens is 3. The summed E-state index contributed by atoms with van der Waals surface area (Å²) in [6, 6.07) is 6.23. The minimum atomic E-state index is 0. The molecule has 4 rings (SSSR count). The van der Waals surface area contributed by atoms with E-state index in [9.17, 15) is 0 Å². The molecule has 1 aliphatic heterocycles. The van der Waals surface area contributed by atoms with Gasteiger partial charge < -0.3 is 17.3 Å². The van der Waals surface area contributed by atoms with Crippen LogP contribution in [0.25, 0.3) is 12.2 Å². The van der Waals surface area contributed by atoms with E-state index >= 15 is 0 Å². The normalized spacial score (nSPS) is 16.4. The van der Waals surface area contributed by atoms with Gasteiger partial charge in [0, 0.05) is 59.2 Å². The molecule has 4 nitrogen and oxygen atoms in total. The van der Waals surface area contributed by atoms with Gasteiger partial charge in [-0.25, -0.2) is 0 Å². The number of rotatable bonds is 6. The summed E-state index contributed by atoms with van der Waals surface area (Å²) in [6.07, 6.45) is 20.9. The van der Waals surface area contributed by atoms with E-state index in [0.29, 0.717) is 21.7 Å². The predicted molar refractivity (Wildman–Crippen MR) is 232 cm³/mol. The maximum Gasteiger partial charge on any atom is 0.0411 e. The highest BCUT2D eigenvalue weighted by Gasteiger charge is 2.30. The van der Waals surface area contributed by atoms with Gasteiger partial charge >= 0.3 is 0 Å². The standard InChI is InChI=1S/C16H33N.C15H25N.C9H9N.C5H3Br2N.ClH/c1-15(2,3)9-13-8-14(10-16(4,5)6)12-17(7)11-13;1-14(2,3)8-12-7-13(11-16-10-12)9-15(4,5)6;1-3-8-5-9(4-2)7-10-6-8;6-4-1-5(7)3-8-2-4;/h13-14H,8-12H2,1-7H3;7,10-11H,8-9H2,1-6H3;3-7H,1-2H2;1-3H;1H/p-1. The number of pyridine rings is 3.